The summed E-state index contributed by atoms with van der Waals surface area (Å²) < 4.78 is 8.83. The van der Waals surface area contributed by atoms with Crippen molar-refractivity contribution in [2.45, 2.75) is 11.3 Å². The zero-order valence-electron chi connectivity index (χ0n) is 13.9. The maximum Gasteiger partial charge on any atom is 0.255 e. The second kappa shape index (κ2) is 7.49. The number of amides is 1. The molecule has 0 saturated heterocycles. The summed E-state index contributed by atoms with van der Waals surface area (Å²) in [7, 11) is 0. The van der Waals surface area contributed by atoms with Gasteiger partial charge in [-0.25, -0.2) is 0 Å². The van der Waals surface area contributed by atoms with Gasteiger partial charge in [-0.3, -0.25) is 9.78 Å². The van der Waals surface area contributed by atoms with Crippen LogP contribution in [0.3, 0.4) is 0 Å². The summed E-state index contributed by atoms with van der Waals surface area (Å²) in [5, 5.41) is 2.86. The van der Waals surface area contributed by atoms with Gasteiger partial charge in [0.05, 0.1) is 6.61 Å². The molecule has 4 rings (SSSR count). The Kier molecular flexibility index (Phi) is 4.75. The van der Waals surface area contributed by atoms with E-state index >= 15 is 0 Å². The van der Waals surface area contributed by atoms with Crippen LogP contribution in [0.25, 0.3) is 0 Å². The van der Waals surface area contributed by atoms with E-state index in [1.807, 2.05) is 30.3 Å². The van der Waals surface area contributed by atoms with E-state index < -0.39 is 0 Å². The van der Waals surface area contributed by atoms with E-state index in [1.165, 1.54) is 17.5 Å². The summed E-state index contributed by atoms with van der Waals surface area (Å²) in [5.74, 6) is 0.823. The van der Waals surface area contributed by atoms with Gasteiger partial charge in [0, 0.05) is 40.6 Å². The molecule has 26 heavy (non-hydrogen) atoms. The molecule has 1 aromatic heterocycles. The first-order chi connectivity index (χ1) is 12.8. The van der Waals surface area contributed by atoms with Crippen LogP contribution >= 0.6 is 11.9 Å². The van der Waals surface area contributed by atoms with Gasteiger partial charge in [0.25, 0.3) is 5.91 Å². The van der Waals surface area contributed by atoms with Crippen LogP contribution in [-0.2, 0) is 6.42 Å². The SMILES string of the molecule is O=C(Nc1ccncc1)c1cccc(NSc2ccc3c(c2)CCO3)c1. The van der Waals surface area contributed by atoms with Crippen molar-refractivity contribution in [3.05, 3.63) is 78.1 Å². The Balaban J connectivity index is 1.42. The molecule has 2 aromatic carbocycles. The van der Waals surface area contributed by atoms with Gasteiger partial charge < -0.3 is 14.8 Å². The number of nitrogens with one attached hydrogen (secondary N) is 2. The minimum atomic E-state index is -0.153. The Hall–Kier alpha value is -2.99. The topological polar surface area (TPSA) is 63.2 Å². The van der Waals surface area contributed by atoms with Gasteiger partial charge in [0.2, 0.25) is 0 Å². The molecule has 0 spiro atoms. The average molecular weight is 363 g/mol. The number of rotatable bonds is 5. The second-order valence-electron chi connectivity index (χ2n) is 5.84. The number of anilines is 2. The van der Waals surface area contributed by atoms with Crippen molar-refractivity contribution < 1.29 is 9.53 Å². The molecule has 0 fully saturated rings. The van der Waals surface area contributed by atoms with Gasteiger partial charge in [-0.1, -0.05) is 6.07 Å². The molecule has 0 bridgehead atoms. The van der Waals surface area contributed by atoms with Crippen molar-refractivity contribution in [2.24, 2.45) is 0 Å². The molecule has 3 aromatic rings. The molecule has 5 nitrogen and oxygen atoms in total. The van der Waals surface area contributed by atoms with Crippen molar-refractivity contribution in [3.63, 3.8) is 0 Å². The lowest BCUT2D eigenvalue weighted by Crippen LogP contribution is -2.11. The largest absolute Gasteiger partial charge is 0.493 e. The highest BCUT2D eigenvalue weighted by molar-refractivity contribution is 8.00. The Morgan fingerprint density at radius 3 is 2.81 bits per heavy atom. The van der Waals surface area contributed by atoms with E-state index in [1.54, 1.807) is 30.6 Å². The minimum Gasteiger partial charge on any atom is -0.493 e. The summed E-state index contributed by atoms with van der Waals surface area (Å²) in [4.78, 5) is 17.4. The van der Waals surface area contributed by atoms with Crippen LogP contribution in [-0.4, -0.2) is 17.5 Å². The highest BCUT2D eigenvalue weighted by Crippen LogP contribution is 2.30. The predicted octanol–water partition coefficient (Wildman–Crippen LogP) is 4.39. The summed E-state index contributed by atoms with van der Waals surface area (Å²) >= 11 is 1.52. The maximum atomic E-state index is 12.4. The van der Waals surface area contributed by atoms with Crippen molar-refractivity contribution in [3.8, 4) is 5.75 Å². The Labute approximate surface area is 155 Å². The minimum absolute atomic E-state index is 0.153. The van der Waals surface area contributed by atoms with E-state index in [4.69, 9.17) is 4.74 Å². The van der Waals surface area contributed by atoms with E-state index in [-0.39, 0.29) is 5.91 Å². The highest BCUT2D eigenvalue weighted by atomic mass is 32.2. The van der Waals surface area contributed by atoms with Crippen LogP contribution in [0.15, 0.2) is 71.9 Å². The molecule has 130 valence electrons. The lowest BCUT2D eigenvalue weighted by Gasteiger charge is -2.09. The third kappa shape index (κ3) is 3.81. The highest BCUT2D eigenvalue weighted by Gasteiger charge is 2.12. The molecule has 0 aliphatic carbocycles. The third-order valence-corrected chi connectivity index (χ3v) is 4.84. The first-order valence-corrected chi connectivity index (χ1v) is 9.10. The number of aromatic nitrogens is 1. The van der Waals surface area contributed by atoms with Crippen molar-refractivity contribution in [2.75, 3.05) is 16.6 Å². The van der Waals surface area contributed by atoms with Gasteiger partial charge in [-0.2, -0.15) is 0 Å². The van der Waals surface area contributed by atoms with Crippen molar-refractivity contribution in [1.29, 1.82) is 0 Å². The quantitative estimate of drug-likeness (QED) is 0.658. The molecular weight excluding hydrogens is 346 g/mol. The van der Waals surface area contributed by atoms with Crippen LogP contribution in [0.2, 0.25) is 0 Å². The maximum absolute atomic E-state index is 12.4. The van der Waals surface area contributed by atoms with Gasteiger partial charge in [0.1, 0.15) is 5.75 Å². The van der Waals surface area contributed by atoms with E-state index in [2.05, 4.69) is 21.1 Å². The molecule has 1 amide bonds. The fourth-order valence-electron chi connectivity index (χ4n) is 2.71. The number of nitrogens with zero attached hydrogens (tertiary/aromatic N) is 1. The molecule has 1 aliphatic rings. The number of fused-ring (bicyclic) bond motifs is 1. The first-order valence-electron chi connectivity index (χ1n) is 8.28. The number of benzene rings is 2. The van der Waals surface area contributed by atoms with Crippen LogP contribution in [0, 0.1) is 0 Å². The van der Waals surface area contributed by atoms with Crippen molar-refractivity contribution >= 4 is 29.2 Å². The predicted molar refractivity (Wildman–Crippen MR) is 104 cm³/mol. The Bertz CT molecular complexity index is 931. The summed E-state index contributed by atoms with van der Waals surface area (Å²) in [6.07, 6.45) is 4.24. The molecule has 2 heterocycles. The monoisotopic (exact) mass is 363 g/mol. The van der Waals surface area contributed by atoms with Crippen LogP contribution in [0.1, 0.15) is 15.9 Å². The molecule has 1 aliphatic heterocycles. The molecule has 2 N–H and O–H groups in total. The lowest BCUT2D eigenvalue weighted by molar-refractivity contribution is 0.102. The smallest absolute Gasteiger partial charge is 0.255 e. The van der Waals surface area contributed by atoms with E-state index in [0.717, 1.165) is 35.0 Å². The Morgan fingerprint density at radius 2 is 1.92 bits per heavy atom. The first kappa shape index (κ1) is 16.5. The number of ether oxygens (including phenoxy) is 1. The molecule has 0 radical (unpaired) electrons. The lowest BCUT2D eigenvalue weighted by atomic mass is 10.2. The molecule has 0 saturated carbocycles. The van der Waals surface area contributed by atoms with Crippen LogP contribution in [0.4, 0.5) is 11.4 Å². The van der Waals surface area contributed by atoms with Gasteiger partial charge in [0.15, 0.2) is 0 Å². The number of carbonyl (C=O) groups excluding carboxylic acids is 1. The van der Waals surface area contributed by atoms with E-state index in [0.29, 0.717) is 5.56 Å². The number of carbonyl (C=O) groups is 1. The Morgan fingerprint density at radius 1 is 1.04 bits per heavy atom. The fourth-order valence-corrected chi connectivity index (χ4v) is 3.41. The third-order valence-electron chi connectivity index (χ3n) is 4.01. The summed E-state index contributed by atoms with van der Waals surface area (Å²) in [5.41, 5.74) is 3.42. The zero-order valence-corrected chi connectivity index (χ0v) is 14.8. The van der Waals surface area contributed by atoms with Crippen LogP contribution in [0.5, 0.6) is 5.75 Å². The van der Waals surface area contributed by atoms with Gasteiger partial charge in [-0.15, -0.1) is 0 Å². The average Bonchev–Trinajstić information content (AvgIpc) is 3.15. The molecular formula is C20H17N3O2S. The zero-order chi connectivity index (χ0) is 17.8. The fraction of sp³-hybridized carbons (Fsp3) is 0.100. The van der Waals surface area contributed by atoms with Gasteiger partial charge in [-0.05, 0) is 66.0 Å². The standard InChI is InChI=1S/C20H17N3O2S/c24-20(22-16-6-9-21-10-7-16)15-2-1-3-17(12-15)23-26-18-4-5-19-14(13-18)8-11-25-19/h1-7,9-10,12-13,23H,8,11H2,(H,21,22,24). The summed E-state index contributed by atoms with van der Waals surface area (Å²) in [6.45, 7) is 0.755. The number of hydrogen-bond acceptors (Lipinski definition) is 5. The molecule has 0 atom stereocenters. The second-order valence-corrected chi connectivity index (χ2v) is 6.72. The number of hydrogen-bond donors (Lipinski definition) is 2. The molecule has 0 unspecified atom stereocenters. The summed E-state index contributed by atoms with van der Waals surface area (Å²) in [6, 6.07) is 17.1. The number of pyridine rings is 1. The molecule has 6 heteroatoms. The normalized spacial score (nSPS) is 12.2. The van der Waals surface area contributed by atoms with Crippen molar-refractivity contribution in [1.82, 2.24) is 4.98 Å². The van der Waals surface area contributed by atoms with E-state index in [9.17, 15) is 4.79 Å². The van der Waals surface area contributed by atoms with Gasteiger partial charge >= 0.3 is 0 Å². The van der Waals surface area contributed by atoms with Crippen LogP contribution < -0.4 is 14.8 Å².